The Hall–Kier alpha value is -2.77. The molecule has 3 rings (SSSR count). The van der Waals surface area contributed by atoms with Gasteiger partial charge in [0.25, 0.3) is 0 Å². The third kappa shape index (κ3) is 5.04. The van der Waals surface area contributed by atoms with E-state index in [4.69, 9.17) is 0 Å². The summed E-state index contributed by atoms with van der Waals surface area (Å²) in [6.07, 6.45) is 0. The summed E-state index contributed by atoms with van der Waals surface area (Å²) in [6, 6.07) is 16.6. The molecule has 4 heteroatoms. The minimum atomic E-state index is -4.22. The molecule has 0 heterocycles. The van der Waals surface area contributed by atoms with Crippen LogP contribution in [0.4, 0.5) is 0 Å². The third-order valence-electron chi connectivity index (χ3n) is 6.93. The van der Waals surface area contributed by atoms with Crippen molar-refractivity contribution in [2.24, 2.45) is 0 Å². The van der Waals surface area contributed by atoms with Gasteiger partial charge in [0.15, 0.2) is 0 Å². The van der Waals surface area contributed by atoms with Crippen LogP contribution in [0.15, 0.2) is 54.6 Å². The Labute approximate surface area is 218 Å². The Kier molecular flexibility index (Phi) is 8.26. The van der Waals surface area contributed by atoms with Gasteiger partial charge in [-0.3, -0.25) is 9.59 Å². The second-order valence-corrected chi connectivity index (χ2v) is 13.4. The molecule has 0 spiro atoms. The Morgan fingerprint density at radius 3 is 1.53 bits per heavy atom. The monoisotopic (exact) mass is 504 g/mol. The summed E-state index contributed by atoms with van der Waals surface area (Å²) in [4.78, 5) is 28.9. The molecule has 0 saturated heterocycles. The zero-order valence-electron chi connectivity index (χ0n) is 23.1. The van der Waals surface area contributed by atoms with E-state index in [1.165, 1.54) is 0 Å². The van der Waals surface area contributed by atoms with Gasteiger partial charge in [0.1, 0.15) is 0 Å². The molecule has 0 fully saturated rings. The van der Waals surface area contributed by atoms with Crippen LogP contribution in [0, 0.1) is 20.8 Å². The average Bonchev–Trinajstić information content (AvgIpc) is 2.81. The van der Waals surface area contributed by atoms with E-state index in [1.807, 2.05) is 66.7 Å². The van der Waals surface area contributed by atoms with Crippen molar-refractivity contribution in [3.63, 3.8) is 0 Å². The first-order chi connectivity index (χ1) is 16.8. The Morgan fingerprint density at radius 2 is 1.11 bits per heavy atom. The molecule has 3 nitrogen and oxygen atoms in total. The molecule has 0 bridgehead atoms. The lowest BCUT2D eigenvalue weighted by molar-refractivity contribution is 0.103. The summed E-state index contributed by atoms with van der Waals surface area (Å²) in [5.74, 6) is 0.342. The fourth-order valence-corrected chi connectivity index (χ4v) is 7.49. The lowest BCUT2D eigenvalue weighted by Gasteiger charge is -2.25. The highest BCUT2D eigenvalue weighted by Gasteiger charge is 2.45. The highest BCUT2D eigenvalue weighted by Crippen LogP contribution is 2.53. The lowest BCUT2D eigenvalue weighted by Crippen LogP contribution is -2.24. The summed E-state index contributed by atoms with van der Waals surface area (Å²) in [7, 11) is -4.22. The van der Waals surface area contributed by atoms with Crippen molar-refractivity contribution in [1.29, 1.82) is 0 Å². The van der Waals surface area contributed by atoms with Gasteiger partial charge >= 0.3 is 0 Å². The van der Waals surface area contributed by atoms with Crippen LogP contribution >= 0.6 is 7.14 Å². The van der Waals surface area contributed by atoms with Gasteiger partial charge in [-0.15, -0.1) is 0 Å². The van der Waals surface area contributed by atoms with Gasteiger partial charge in [0.05, 0.1) is 0 Å². The van der Waals surface area contributed by atoms with Gasteiger partial charge in [0, 0.05) is 17.9 Å². The standard InChI is InChI=1S/C32H39O3P.H2/c1-19(2)25-17-27(20(3)4)30(28(18-25)21(5)6)32(34)36(35,26-13-11-10-12-14-26)31(33)29-23(8)15-22(7)16-24(29)9;/h10-21H,1-9H3;1H. The van der Waals surface area contributed by atoms with Gasteiger partial charge in [-0.05, 0) is 66.3 Å². The Morgan fingerprint density at radius 1 is 0.667 bits per heavy atom. The SMILES string of the molecule is Cc1cc(C)c(C(=O)P(=O)(C(=O)c2c(C(C)C)cc(C(C)C)cc2C(C)C)c2ccccc2)c(C)c1.[HH]. The smallest absolute Gasteiger partial charge is 0.248 e. The number of rotatable bonds is 8. The number of carbonyl (C=O) groups excluding carboxylic acids is 2. The third-order valence-corrected chi connectivity index (χ3v) is 9.55. The van der Waals surface area contributed by atoms with Crippen molar-refractivity contribution in [2.75, 3.05) is 0 Å². The summed E-state index contributed by atoms with van der Waals surface area (Å²) in [6.45, 7) is 18.1. The van der Waals surface area contributed by atoms with Crippen LogP contribution in [-0.4, -0.2) is 11.0 Å². The molecule has 0 saturated carbocycles. The molecule has 3 aromatic rings. The normalized spacial score (nSPS) is 13.3. The van der Waals surface area contributed by atoms with Crippen molar-refractivity contribution < 1.29 is 15.6 Å². The quantitative estimate of drug-likeness (QED) is 0.288. The average molecular weight is 505 g/mol. The maximum Gasteiger partial charge on any atom is 0.248 e. The molecule has 192 valence electrons. The maximum absolute atomic E-state index is 15.1. The Balaban J connectivity index is 0.00000481. The van der Waals surface area contributed by atoms with E-state index in [1.54, 1.807) is 24.3 Å². The van der Waals surface area contributed by atoms with E-state index in [0.717, 1.165) is 33.4 Å². The molecular formula is C32H41O3P. The van der Waals surface area contributed by atoms with E-state index in [-0.39, 0.29) is 24.5 Å². The summed E-state index contributed by atoms with van der Waals surface area (Å²) in [5, 5.41) is 0.289. The minimum Gasteiger partial charge on any atom is -0.302 e. The molecule has 1 unspecified atom stereocenters. The predicted molar refractivity (Wildman–Crippen MR) is 154 cm³/mol. The van der Waals surface area contributed by atoms with Crippen LogP contribution in [0.25, 0.3) is 0 Å². The maximum atomic E-state index is 15.1. The van der Waals surface area contributed by atoms with E-state index < -0.39 is 18.2 Å². The zero-order valence-corrected chi connectivity index (χ0v) is 24.0. The fraction of sp³-hybridized carbons (Fsp3) is 0.375. The molecule has 0 aliphatic rings. The highest BCUT2D eigenvalue weighted by atomic mass is 31.2. The number of hydrogen-bond donors (Lipinski definition) is 0. The van der Waals surface area contributed by atoms with Crippen LogP contribution in [0.5, 0.6) is 0 Å². The summed E-state index contributed by atoms with van der Waals surface area (Å²) < 4.78 is 15.1. The van der Waals surface area contributed by atoms with E-state index in [2.05, 4.69) is 26.0 Å². The highest BCUT2D eigenvalue weighted by molar-refractivity contribution is 8.01. The van der Waals surface area contributed by atoms with Crippen molar-refractivity contribution >= 4 is 23.5 Å². The Bertz CT molecular complexity index is 1300. The van der Waals surface area contributed by atoms with Crippen LogP contribution in [0.1, 0.15) is 115 Å². The summed E-state index contributed by atoms with van der Waals surface area (Å²) in [5.41, 5.74) is 5.07. The van der Waals surface area contributed by atoms with Gasteiger partial charge in [0.2, 0.25) is 18.2 Å². The van der Waals surface area contributed by atoms with Gasteiger partial charge < -0.3 is 4.57 Å². The molecule has 0 N–H and O–H groups in total. The molecule has 0 aliphatic heterocycles. The molecule has 0 aromatic heterocycles. The fourth-order valence-electron chi connectivity index (χ4n) is 5.00. The van der Waals surface area contributed by atoms with Crippen LogP contribution in [-0.2, 0) is 4.57 Å². The zero-order chi connectivity index (χ0) is 26.9. The summed E-state index contributed by atoms with van der Waals surface area (Å²) >= 11 is 0. The van der Waals surface area contributed by atoms with Gasteiger partial charge in [-0.2, -0.15) is 0 Å². The molecule has 3 aromatic carbocycles. The van der Waals surface area contributed by atoms with Gasteiger partial charge in [-0.1, -0.05) is 102 Å². The van der Waals surface area contributed by atoms with Crippen LogP contribution < -0.4 is 5.30 Å². The minimum absolute atomic E-state index is 0. The van der Waals surface area contributed by atoms with E-state index in [9.17, 15) is 9.59 Å². The number of hydrogen-bond acceptors (Lipinski definition) is 3. The van der Waals surface area contributed by atoms with Crippen LogP contribution in [0.3, 0.4) is 0 Å². The first-order valence-corrected chi connectivity index (χ1v) is 14.5. The number of benzene rings is 3. The van der Waals surface area contributed by atoms with Crippen LogP contribution in [0.2, 0.25) is 0 Å². The molecular weight excluding hydrogens is 463 g/mol. The first kappa shape index (κ1) is 27.8. The molecule has 0 aliphatic carbocycles. The van der Waals surface area contributed by atoms with Crippen molar-refractivity contribution in [3.8, 4) is 0 Å². The molecule has 36 heavy (non-hydrogen) atoms. The second kappa shape index (κ2) is 10.7. The van der Waals surface area contributed by atoms with Crippen molar-refractivity contribution in [1.82, 2.24) is 0 Å². The number of aryl methyl sites for hydroxylation is 3. The number of carbonyl (C=O) groups is 2. The lowest BCUT2D eigenvalue weighted by atomic mass is 9.85. The molecule has 0 radical (unpaired) electrons. The topological polar surface area (TPSA) is 51.2 Å². The van der Waals surface area contributed by atoms with Crippen molar-refractivity contribution in [3.05, 3.63) is 99.1 Å². The van der Waals surface area contributed by atoms with E-state index in [0.29, 0.717) is 11.1 Å². The predicted octanol–water partition coefficient (Wildman–Crippen LogP) is 8.90. The first-order valence-electron chi connectivity index (χ1n) is 12.8. The van der Waals surface area contributed by atoms with Crippen molar-refractivity contribution in [2.45, 2.75) is 80.1 Å². The second-order valence-electron chi connectivity index (χ2n) is 10.9. The molecule has 0 amide bonds. The van der Waals surface area contributed by atoms with E-state index >= 15 is 4.57 Å². The largest absolute Gasteiger partial charge is 0.302 e. The van der Waals surface area contributed by atoms with Gasteiger partial charge in [-0.25, -0.2) is 0 Å². The molecule has 1 atom stereocenters.